The van der Waals surface area contributed by atoms with Crippen molar-refractivity contribution in [2.45, 2.75) is 0 Å². The van der Waals surface area contributed by atoms with Gasteiger partial charge in [0.05, 0.1) is 11.2 Å². The maximum absolute atomic E-state index is 6.46. The third-order valence-electron chi connectivity index (χ3n) is 3.28. The Morgan fingerprint density at radius 1 is 1.17 bits per heavy atom. The molecule has 0 amide bonds. The lowest BCUT2D eigenvalue weighted by Crippen LogP contribution is -1.98. The third-order valence-corrected chi connectivity index (χ3v) is 3.68. The van der Waals surface area contributed by atoms with Gasteiger partial charge in [0.1, 0.15) is 5.82 Å². The molecule has 2 aromatic heterocycles. The summed E-state index contributed by atoms with van der Waals surface area (Å²) in [5.41, 5.74) is 8.88. The normalized spacial score (nSPS) is 11.3. The minimum Gasteiger partial charge on any atom is -0.383 e. The summed E-state index contributed by atoms with van der Waals surface area (Å²) in [6.45, 7) is 0. The first kappa shape index (κ1) is 11.2. The number of aryl methyl sites for hydroxylation is 2. The highest BCUT2D eigenvalue weighted by atomic mass is 35.5. The van der Waals surface area contributed by atoms with Crippen molar-refractivity contribution in [2.24, 2.45) is 14.1 Å². The highest BCUT2D eigenvalue weighted by Crippen LogP contribution is 2.36. The molecular weight excluding hydrogens is 248 g/mol. The number of hydrogen-bond donors (Lipinski definition) is 1. The fourth-order valence-electron chi connectivity index (χ4n) is 2.18. The Kier molecular flexibility index (Phi) is 2.35. The fourth-order valence-corrected chi connectivity index (χ4v) is 2.50. The number of anilines is 1. The smallest absolute Gasteiger partial charge is 0.129 e. The molecule has 0 aliphatic heterocycles. The zero-order chi connectivity index (χ0) is 12.9. The van der Waals surface area contributed by atoms with Gasteiger partial charge in [-0.15, -0.1) is 0 Å². The van der Waals surface area contributed by atoms with E-state index >= 15 is 0 Å². The van der Waals surface area contributed by atoms with Crippen molar-refractivity contribution in [1.82, 2.24) is 14.3 Å². The first-order valence-electron chi connectivity index (χ1n) is 5.61. The predicted molar refractivity (Wildman–Crippen MR) is 74.5 cm³/mol. The van der Waals surface area contributed by atoms with E-state index in [1.54, 1.807) is 10.9 Å². The van der Waals surface area contributed by atoms with E-state index in [1.165, 1.54) is 0 Å². The molecule has 0 fully saturated rings. The molecule has 0 saturated heterocycles. The van der Waals surface area contributed by atoms with Crippen molar-refractivity contribution in [2.75, 3.05) is 5.73 Å². The Morgan fingerprint density at radius 3 is 2.61 bits per heavy atom. The molecule has 3 rings (SSSR count). The van der Waals surface area contributed by atoms with Gasteiger partial charge in [-0.25, -0.2) is 0 Å². The van der Waals surface area contributed by atoms with Gasteiger partial charge in [-0.2, -0.15) is 5.10 Å². The van der Waals surface area contributed by atoms with Gasteiger partial charge < -0.3 is 10.3 Å². The van der Waals surface area contributed by atoms with Crippen molar-refractivity contribution >= 4 is 28.3 Å². The van der Waals surface area contributed by atoms with E-state index in [0.29, 0.717) is 10.8 Å². The lowest BCUT2D eigenvalue weighted by molar-refractivity contribution is 0.779. The number of fused-ring (bicyclic) bond motifs is 1. The highest BCUT2D eigenvalue weighted by Gasteiger charge is 2.14. The Balaban J connectivity index is 2.30. The summed E-state index contributed by atoms with van der Waals surface area (Å²) in [5, 5.41) is 5.89. The molecule has 0 aliphatic rings. The summed E-state index contributed by atoms with van der Waals surface area (Å²) in [5.74, 6) is 0.618. The molecule has 1 aromatic carbocycles. The second kappa shape index (κ2) is 3.78. The molecule has 3 aromatic rings. The molecule has 92 valence electrons. The van der Waals surface area contributed by atoms with Crippen LogP contribution >= 0.6 is 11.6 Å². The van der Waals surface area contributed by atoms with Crippen molar-refractivity contribution < 1.29 is 0 Å². The van der Waals surface area contributed by atoms with Crippen LogP contribution in [0.15, 0.2) is 30.6 Å². The standard InChI is InChI=1S/C13H13ClN4/c1-17-6-5-9-11(17)4-3-8(12(9)14)10-7-16-18(2)13(10)15/h3-7H,15H2,1-2H3. The van der Waals surface area contributed by atoms with E-state index < -0.39 is 0 Å². The molecule has 4 nitrogen and oxygen atoms in total. The molecule has 0 aliphatic carbocycles. The maximum atomic E-state index is 6.46. The Morgan fingerprint density at radius 2 is 1.94 bits per heavy atom. The summed E-state index contributed by atoms with van der Waals surface area (Å²) >= 11 is 6.46. The summed E-state index contributed by atoms with van der Waals surface area (Å²) in [4.78, 5) is 0. The molecule has 0 spiro atoms. The minimum atomic E-state index is 0.618. The number of benzene rings is 1. The minimum absolute atomic E-state index is 0.618. The largest absolute Gasteiger partial charge is 0.383 e. The van der Waals surface area contributed by atoms with Gasteiger partial charge in [0.25, 0.3) is 0 Å². The number of nitrogens with zero attached hydrogens (tertiary/aromatic N) is 3. The van der Waals surface area contributed by atoms with Gasteiger partial charge in [0.15, 0.2) is 0 Å². The molecule has 5 heteroatoms. The van der Waals surface area contributed by atoms with E-state index in [4.69, 9.17) is 17.3 Å². The monoisotopic (exact) mass is 260 g/mol. The zero-order valence-electron chi connectivity index (χ0n) is 10.2. The number of rotatable bonds is 1. The molecular formula is C13H13ClN4. The lowest BCUT2D eigenvalue weighted by Gasteiger charge is -2.06. The van der Waals surface area contributed by atoms with Crippen molar-refractivity contribution in [1.29, 1.82) is 0 Å². The molecule has 2 heterocycles. The van der Waals surface area contributed by atoms with Crippen LogP contribution in [0.4, 0.5) is 5.82 Å². The van der Waals surface area contributed by atoms with E-state index in [-0.39, 0.29) is 0 Å². The van der Waals surface area contributed by atoms with Crippen LogP contribution < -0.4 is 5.73 Å². The number of halogens is 1. The summed E-state index contributed by atoms with van der Waals surface area (Å²) in [7, 11) is 3.81. The highest BCUT2D eigenvalue weighted by molar-refractivity contribution is 6.38. The quantitative estimate of drug-likeness (QED) is 0.731. The van der Waals surface area contributed by atoms with Gasteiger partial charge in [-0.3, -0.25) is 4.68 Å². The van der Waals surface area contributed by atoms with E-state index in [9.17, 15) is 0 Å². The van der Waals surface area contributed by atoms with Gasteiger partial charge in [0, 0.05) is 42.3 Å². The number of hydrogen-bond acceptors (Lipinski definition) is 2. The van der Waals surface area contributed by atoms with E-state index in [1.807, 2.05) is 43.1 Å². The Labute approximate surface area is 110 Å². The van der Waals surface area contributed by atoms with Crippen LogP contribution in [0.25, 0.3) is 22.0 Å². The van der Waals surface area contributed by atoms with E-state index in [0.717, 1.165) is 22.0 Å². The van der Waals surface area contributed by atoms with Crippen LogP contribution in [0.1, 0.15) is 0 Å². The number of nitrogens with two attached hydrogens (primary N) is 1. The molecule has 0 saturated carbocycles. The molecule has 0 unspecified atom stereocenters. The summed E-state index contributed by atoms with van der Waals surface area (Å²) in [6.07, 6.45) is 3.73. The van der Waals surface area contributed by atoms with Gasteiger partial charge in [-0.1, -0.05) is 17.7 Å². The fraction of sp³-hybridized carbons (Fsp3) is 0.154. The average Bonchev–Trinajstić information content (AvgIpc) is 2.88. The van der Waals surface area contributed by atoms with Crippen LogP contribution in [-0.4, -0.2) is 14.3 Å². The van der Waals surface area contributed by atoms with E-state index in [2.05, 4.69) is 5.10 Å². The van der Waals surface area contributed by atoms with Gasteiger partial charge >= 0.3 is 0 Å². The van der Waals surface area contributed by atoms with Crippen molar-refractivity contribution in [3.63, 3.8) is 0 Å². The van der Waals surface area contributed by atoms with Crippen LogP contribution in [0, 0.1) is 0 Å². The van der Waals surface area contributed by atoms with Crippen molar-refractivity contribution in [3.8, 4) is 11.1 Å². The lowest BCUT2D eigenvalue weighted by atomic mass is 10.1. The number of aromatic nitrogens is 3. The third kappa shape index (κ3) is 1.42. The Hall–Kier alpha value is -1.94. The summed E-state index contributed by atoms with van der Waals surface area (Å²) in [6, 6.07) is 6.04. The summed E-state index contributed by atoms with van der Waals surface area (Å²) < 4.78 is 3.68. The van der Waals surface area contributed by atoms with Crippen LogP contribution in [-0.2, 0) is 14.1 Å². The molecule has 18 heavy (non-hydrogen) atoms. The second-order valence-corrected chi connectivity index (χ2v) is 4.73. The zero-order valence-corrected chi connectivity index (χ0v) is 10.9. The Bertz CT molecular complexity index is 739. The first-order valence-corrected chi connectivity index (χ1v) is 5.99. The van der Waals surface area contributed by atoms with Gasteiger partial charge in [-0.05, 0) is 12.1 Å². The molecule has 2 N–H and O–H groups in total. The van der Waals surface area contributed by atoms with Gasteiger partial charge in [0.2, 0.25) is 0 Å². The number of nitrogen functional groups attached to an aromatic ring is 1. The van der Waals surface area contributed by atoms with Crippen LogP contribution in [0.2, 0.25) is 5.02 Å². The molecule has 0 atom stereocenters. The van der Waals surface area contributed by atoms with Crippen molar-refractivity contribution in [3.05, 3.63) is 35.6 Å². The maximum Gasteiger partial charge on any atom is 0.129 e. The molecule has 0 bridgehead atoms. The average molecular weight is 261 g/mol. The van der Waals surface area contributed by atoms with Crippen LogP contribution in [0.3, 0.4) is 0 Å². The topological polar surface area (TPSA) is 48.8 Å². The SMILES string of the molecule is Cn1ncc(-c2ccc3c(ccn3C)c2Cl)c1N. The predicted octanol–water partition coefficient (Wildman–Crippen LogP) is 2.81. The molecule has 0 radical (unpaired) electrons. The first-order chi connectivity index (χ1) is 8.59. The second-order valence-electron chi connectivity index (χ2n) is 4.35. The van der Waals surface area contributed by atoms with Crippen LogP contribution in [0.5, 0.6) is 0 Å².